The Morgan fingerprint density at radius 3 is 1.01 bits per heavy atom. The van der Waals surface area contributed by atoms with Crippen LogP contribution in [-0.2, 0) is 28.4 Å². The van der Waals surface area contributed by atoms with Gasteiger partial charge in [-0.05, 0) is 152 Å². The minimum Gasteiger partial charge on any atom is -0.438 e. The summed E-state index contributed by atoms with van der Waals surface area (Å²) >= 11 is 0. The molecule has 0 atom stereocenters. The van der Waals surface area contributed by atoms with Crippen LogP contribution in [0.5, 0.6) is 11.5 Å². The Balaban J connectivity index is 0.000000289. The van der Waals surface area contributed by atoms with E-state index < -0.39 is 24.6 Å². The summed E-state index contributed by atoms with van der Waals surface area (Å²) in [5.41, 5.74) is 13.4. The van der Waals surface area contributed by atoms with Crippen LogP contribution in [0.25, 0.3) is 11.1 Å². The van der Waals surface area contributed by atoms with E-state index in [1.807, 2.05) is 91.9 Å². The molecule has 83 heavy (non-hydrogen) atoms. The van der Waals surface area contributed by atoms with E-state index in [0.29, 0.717) is 11.5 Å². The maximum absolute atomic E-state index is 12.3. The number of ether oxygens (including phenoxy) is 8. The zero-order chi connectivity index (χ0) is 56.8. The van der Waals surface area contributed by atoms with E-state index in [2.05, 4.69) is 157 Å². The smallest absolute Gasteiger partial charge is 0.438 e. The summed E-state index contributed by atoms with van der Waals surface area (Å²) in [7, 11) is 2.39. The molecule has 9 aromatic rings. The van der Waals surface area contributed by atoms with Crippen LogP contribution in [0.2, 0.25) is 0 Å². The summed E-state index contributed by atoms with van der Waals surface area (Å²) in [6.07, 6.45) is -3.50. The Kier molecular flexibility index (Phi) is 23.3. The highest BCUT2D eigenvalue weighted by atomic mass is 16.8. The quantitative estimate of drug-likeness (QED) is 0.0346. The number of anilines is 9. The van der Waals surface area contributed by atoms with Gasteiger partial charge in [0.15, 0.2) is 0 Å². The van der Waals surface area contributed by atoms with Gasteiger partial charge in [0.2, 0.25) is 0 Å². The fraction of sp³-hybridized carbons (Fsp3) is 0.147. The lowest BCUT2D eigenvalue weighted by Gasteiger charge is -2.26. The summed E-state index contributed by atoms with van der Waals surface area (Å²) in [5, 5.41) is 0. The molecule has 0 aromatic heterocycles. The van der Waals surface area contributed by atoms with E-state index >= 15 is 0 Å². The van der Waals surface area contributed by atoms with Crippen molar-refractivity contribution in [2.75, 3.05) is 55.3 Å². The lowest BCUT2D eigenvalue weighted by Crippen LogP contribution is -2.16. The highest BCUT2D eigenvalue weighted by molar-refractivity contribution is 5.82. The normalized spacial score (nSPS) is 10.1. The molecular weight excluding hydrogens is 1050 g/mol. The largest absolute Gasteiger partial charge is 0.513 e. The molecule has 0 aliphatic heterocycles. The fourth-order valence-corrected chi connectivity index (χ4v) is 8.36. The SMILES string of the molecule is C.C.COC(=O)OCCOC(=O)Oc1ccc(N(c2ccccc2)c2ccc(C)cc2)cc1.COC(=O)OCCOC(=O)Oc1cccc(N(c2ccccc2)c2ccc(-c3ccc(N(c4ccccc4)c4cccc(C)c4)cc3)cc2)c1. The van der Waals surface area contributed by atoms with Crippen molar-refractivity contribution < 1.29 is 57.1 Å². The molecule has 15 heteroatoms. The molecule has 0 unspecified atom stereocenters. The summed E-state index contributed by atoms with van der Waals surface area (Å²) in [6, 6.07) is 78.2. The number of benzene rings is 9. The summed E-state index contributed by atoms with van der Waals surface area (Å²) in [4.78, 5) is 52.5. The van der Waals surface area contributed by atoms with E-state index in [1.165, 1.54) is 25.3 Å². The Morgan fingerprint density at radius 2 is 0.614 bits per heavy atom. The Bertz CT molecular complexity index is 3440. The van der Waals surface area contributed by atoms with Gasteiger partial charge in [-0.1, -0.05) is 130 Å². The van der Waals surface area contributed by atoms with Crippen molar-refractivity contribution in [2.45, 2.75) is 28.7 Å². The zero-order valence-corrected chi connectivity index (χ0v) is 45.1. The molecule has 0 bridgehead atoms. The molecule has 0 N–H and O–H groups in total. The van der Waals surface area contributed by atoms with Crippen molar-refractivity contribution in [2.24, 2.45) is 0 Å². The summed E-state index contributed by atoms with van der Waals surface area (Å²) in [5.74, 6) is 0.633. The standard InChI is InChI=1S/C42H36N2O6.C24H23NO6.2CH4/c1-31-11-9-16-38(29-31)43(34-12-5-3-6-13-34)36-23-19-32(20-24-36)33-21-25-37(26-22-33)44(35-14-7-4-8-15-35)39-17-10-18-40(30-39)50-42(46)49-28-27-48-41(45)47-2;1-18-8-10-20(11-9-18)25(19-6-4-3-5-7-19)21-12-14-22(15-13-21)31-24(27)30-17-16-29-23(26)28-2;;/h3-26,29-30H,27-28H2,1-2H3;3-15H,16-17H2,1-2H3;2*1H4. The second-order valence-electron chi connectivity index (χ2n) is 17.8. The molecular formula is C68H67N3O12. The first kappa shape index (κ1) is 61.7. The van der Waals surface area contributed by atoms with E-state index in [1.54, 1.807) is 30.3 Å². The predicted octanol–water partition coefficient (Wildman–Crippen LogP) is 17.9. The van der Waals surface area contributed by atoms with E-state index in [0.717, 1.165) is 62.3 Å². The third-order valence-corrected chi connectivity index (χ3v) is 12.1. The minimum absolute atomic E-state index is 0. The van der Waals surface area contributed by atoms with Gasteiger partial charge in [0.05, 0.1) is 14.2 Å². The van der Waals surface area contributed by atoms with Gasteiger partial charge >= 0.3 is 24.6 Å². The Labute approximate surface area is 485 Å². The van der Waals surface area contributed by atoms with Gasteiger partial charge in [-0.3, -0.25) is 0 Å². The van der Waals surface area contributed by atoms with Crippen LogP contribution in [0, 0.1) is 13.8 Å². The van der Waals surface area contributed by atoms with Gasteiger partial charge in [-0.25, -0.2) is 19.2 Å². The average molecular weight is 1120 g/mol. The van der Waals surface area contributed by atoms with E-state index in [-0.39, 0.29) is 41.3 Å². The molecule has 0 aliphatic rings. The number of methoxy groups -OCH3 is 2. The Morgan fingerprint density at radius 1 is 0.301 bits per heavy atom. The van der Waals surface area contributed by atoms with Gasteiger partial charge in [0, 0.05) is 57.3 Å². The zero-order valence-electron chi connectivity index (χ0n) is 45.1. The van der Waals surface area contributed by atoms with Crippen molar-refractivity contribution >= 4 is 75.8 Å². The van der Waals surface area contributed by atoms with Crippen molar-refractivity contribution in [3.63, 3.8) is 0 Å². The van der Waals surface area contributed by atoms with Crippen LogP contribution in [0.4, 0.5) is 70.4 Å². The Hall–Kier alpha value is -10.5. The van der Waals surface area contributed by atoms with Crippen LogP contribution >= 0.6 is 0 Å². The minimum atomic E-state index is -0.914. The third kappa shape index (κ3) is 17.7. The molecule has 0 heterocycles. The molecule has 0 radical (unpaired) electrons. The molecule has 0 aliphatic carbocycles. The molecule has 0 saturated carbocycles. The molecule has 9 aromatic carbocycles. The highest BCUT2D eigenvalue weighted by Crippen LogP contribution is 2.40. The van der Waals surface area contributed by atoms with Crippen LogP contribution in [-0.4, -0.2) is 65.3 Å². The second kappa shape index (κ2) is 31.3. The second-order valence-corrected chi connectivity index (χ2v) is 17.8. The lowest BCUT2D eigenvalue weighted by molar-refractivity contribution is 0.0413. The number of hydrogen-bond acceptors (Lipinski definition) is 15. The van der Waals surface area contributed by atoms with Crippen molar-refractivity contribution in [3.05, 3.63) is 248 Å². The first-order chi connectivity index (χ1) is 39.5. The van der Waals surface area contributed by atoms with Crippen LogP contribution in [0.15, 0.2) is 237 Å². The van der Waals surface area contributed by atoms with Gasteiger partial charge < -0.3 is 52.6 Å². The summed E-state index contributed by atoms with van der Waals surface area (Å²) < 4.78 is 38.5. The highest BCUT2D eigenvalue weighted by Gasteiger charge is 2.18. The predicted molar refractivity (Wildman–Crippen MR) is 326 cm³/mol. The topological polar surface area (TPSA) is 152 Å². The van der Waals surface area contributed by atoms with Crippen molar-refractivity contribution in [1.29, 1.82) is 0 Å². The monoisotopic (exact) mass is 1120 g/mol. The molecule has 15 nitrogen and oxygen atoms in total. The molecule has 0 fully saturated rings. The summed E-state index contributed by atoms with van der Waals surface area (Å²) in [6.45, 7) is 3.57. The van der Waals surface area contributed by atoms with E-state index in [4.69, 9.17) is 23.7 Å². The fourth-order valence-electron chi connectivity index (χ4n) is 8.36. The van der Waals surface area contributed by atoms with Crippen molar-refractivity contribution in [3.8, 4) is 22.6 Å². The number of hydrogen-bond donors (Lipinski definition) is 0. The number of aryl methyl sites for hydroxylation is 2. The lowest BCUT2D eigenvalue weighted by atomic mass is 10.0. The number of rotatable bonds is 18. The number of para-hydroxylation sites is 3. The van der Waals surface area contributed by atoms with Crippen LogP contribution in [0.1, 0.15) is 26.0 Å². The van der Waals surface area contributed by atoms with Crippen LogP contribution in [0.3, 0.4) is 0 Å². The van der Waals surface area contributed by atoms with Gasteiger partial charge in [0.25, 0.3) is 0 Å². The maximum Gasteiger partial charge on any atom is 0.513 e. The first-order valence-corrected chi connectivity index (χ1v) is 25.8. The van der Waals surface area contributed by atoms with Gasteiger partial charge in [0.1, 0.15) is 37.9 Å². The molecule has 0 spiro atoms. The van der Waals surface area contributed by atoms with Gasteiger partial charge in [-0.2, -0.15) is 0 Å². The molecule has 0 saturated heterocycles. The maximum atomic E-state index is 12.3. The molecule has 0 amide bonds. The average Bonchev–Trinajstić information content (AvgIpc) is 3.51. The number of nitrogens with zero attached hydrogens (tertiary/aromatic N) is 3. The van der Waals surface area contributed by atoms with Gasteiger partial charge in [-0.15, -0.1) is 0 Å². The first-order valence-electron chi connectivity index (χ1n) is 25.8. The number of carbonyl (C=O) groups is 4. The van der Waals surface area contributed by atoms with Crippen molar-refractivity contribution in [1.82, 2.24) is 0 Å². The van der Waals surface area contributed by atoms with Crippen LogP contribution < -0.4 is 24.2 Å². The molecule has 9 rings (SSSR count). The van der Waals surface area contributed by atoms with E-state index in [9.17, 15) is 19.2 Å². The number of carbonyl (C=O) groups excluding carboxylic acids is 4. The molecule has 426 valence electrons. The third-order valence-electron chi connectivity index (χ3n) is 12.1.